The molecule has 1 N–H and O–H groups in total. The zero-order chi connectivity index (χ0) is 17.6. The van der Waals surface area contributed by atoms with Crippen molar-refractivity contribution in [2.24, 2.45) is 0 Å². The van der Waals surface area contributed by atoms with Crippen molar-refractivity contribution in [3.8, 4) is 5.88 Å². The van der Waals surface area contributed by atoms with Gasteiger partial charge >= 0.3 is 0 Å². The van der Waals surface area contributed by atoms with Crippen LogP contribution >= 0.6 is 0 Å². The lowest BCUT2D eigenvalue weighted by Gasteiger charge is -2.22. The Morgan fingerprint density at radius 2 is 2.08 bits per heavy atom. The molecule has 2 aromatic rings. The number of pyridine rings is 1. The topological polar surface area (TPSA) is 56.1 Å². The van der Waals surface area contributed by atoms with Gasteiger partial charge in [-0.3, -0.25) is 4.79 Å². The number of hydrogen-bond donors (Lipinski definition) is 1. The first kappa shape index (κ1) is 17.7. The van der Waals surface area contributed by atoms with Crippen molar-refractivity contribution >= 4 is 5.78 Å². The van der Waals surface area contributed by atoms with Crippen LogP contribution < -0.4 is 10.1 Å². The number of aryl methyl sites for hydroxylation is 2. The Bertz CT molecular complexity index is 698. The summed E-state index contributed by atoms with van der Waals surface area (Å²) in [6, 6.07) is 7.74. The fourth-order valence-electron chi connectivity index (χ4n) is 3.37. The van der Waals surface area contributed by atoms with Crippen LogP contribution in [0.1, 0.15) is 47.4 Å². The average molecular weight is 341 g/mol. The monoisotopic (exact) mass is 341 g/mol. The van der Waals surface area contributed by atoms with Gasteiger partial charge in [0, 0.05) is 35.8 Å². The molecule has 1 saturated heterocycles. The first-order valence-electron chi connectivity index (χ1n) is 9.14. The zero-order valence-corrected chi connectivity index (χ0v) is 15.1. The Kier molecular flexibility index (Phi) is 5.87. The van der Waals surface area contributed by atoms with E-state index < -0.39 is 0 Å². The van der Waals surface area contributed by atoms with Crippen LogP contribution in [0.15, 0.2) is 30.5 Å². The van der Waals surface area contributed by atoms with Crippen LogP contribution in [-0.4, -0.2) is 34.5 Å². The van der Waals surface area contributed by atoms with Gasteiger partial charge in [0.2, 0.25) is 5.88 Å². The van der Waals surface area contributed by atoms with Crippen LogP contribution in [-0.2, 0) is 6.54 Å². The van der Waals surface area contributed by atoms with Crippen molar-refractivity contribution in [1.29, 1.82) is 0 Å². The third kappa shape index (κ3) is 4.48. The molecular weight excluding hydrogens is 314 g/mol. The average Bonchev–Trinajstić information content (AvgIpc) is 2.97. The van der Waals surface area contributed by atoms with Gasteiger partial charge < -0.3 is 14.6 Å². The van der Waals surface area contributed by atoms with E-state index >= 15 is 0 Å². The molecule has 1 unspecified atom stereocenters. The maximum absolute atomic E-state index is 12.6. The third-order valence-electron chi connectivity index (χ3n) is 4.84. The molecule has 3 rings (SSSR count). The summed E-state index contributed by atoms with van der Waals surface area (Å²) in [6.45, 7) is 6.66. The summed E-state index contributed by atoms with van der Waals surface area (Å²) in [5, 5.41) is 3.30. The van der Waals surface area contributed by atoms with E-state index in [2.05, 4.69) is 40.8 Å². The molecule has 134 valence electrons. The minimum absolute atomic E-state index is 0.0660. The van der Waals surface area contributed by atoms with Crippen LogP contribution in [0.5, 0.6) is 5.88 Å². The molecule has 25 heavy (non-hydrogen) atoms. The molecule has 5 heteroatoms. The second kappa shape index (κ2) is 8.30. The lowest BCUT2D eigenvalue weighted by atomic mass is 9.97. The number of rotatable bonds is 7. The normalized spacial score (nSPS) is 17.4. The largest absolute Gasteiger partial charge is 0.478 e. The first-order valence-corrected chi connectivity index (χ1v) is 9.14. The maximum atomic E-state index is 12.6. The van der Waals surface area contributed by atoms with Gasteiger partial charge in [-0.1, -0.05) is 6.42 Å². The van der Waals surface area contributed by atoms with Crippen LogP contribution in [0.25, 0.3) is 0 Å². The Morgan fingerprint density at radius 1 is 1.28 bits per heavy atom. The third-order valence-corrected chi connectivity index (χ3v) is 4.84. The second-order valence-electron chi connectivity index (χ2n) is 6.72. The van der Waals surface area contributed by atoms with Crippen LogP contribution in [0.2, 0.25) is 0 Å². The molecule has 0 spiro atoms. The van der Waals surface area contributed by atoms with Gasteiger partial charge in [0.1, 0.15) is 0 Å². The highest BCUT2D eigenvalue weighted by atomic mass is 16.5. The molecule has 0 aromatic carbocycles. The van der Waals surface area contributed by atoms with E-state index in [1.807, 2.05) is 0 Å². The van der Waals surface area contributed by atoms with Gasteiger partial charge in [0.15, 0.2) is 5.78 Å². The van der Waals surface area contributed by atoms with Crippen molar-refractivity contribution in [2.45, 2.75) is 52.1 Å². The Morgan fingerprint density at radius 3 is 2.80 bits per heavy atom. The minimum Gasteiger partial charge on any atom is -0.478 e. The van der Waals surface area contributed by atoms with Gasteiger partial charge in [-0.05, 0) is 57.9 Å². The highest BCUT2D eigenvalue weighted by molar-refractivity contribution is 6.00. The fourth-order valence-corrected chi connectivity index (χ4v) is 3.37. The Balaban J connectivity index is 1.52. The van der Waals surface area contributed by atoms with E-state index in [1.165, 1.54) is 11.4 Å². The molecule has 1 aliphatic heterocycles. The van der Waals surface area contributed by atoms with E-state index in [-0.39, 0.29) is 11.8 Å². The highest BCUT2D eigenvalue weighted by Crippen LogP contribution is 2.16. The number of ketones is 1. The van der Waals surface area contributed by atoms with E-state index in [0.717, 1.165) is 38.8 Å². The fraction of sp³-hybridized carbons (Fsp3) is 0.500. The molecule has 3 heterocycles. The van der Waals surface area contributed by atoms with Crippen molar-refractivity contribution in [3.05, 3.63) is 47.4 Å². The van der Waals surface area contributed by atoms with E-state index in [9.17, 15) is 4.79 Å². The number of piperidine rings is 1. The van der Waals surface area contributed by atoms with Crippen molar-refractivity contribution in [2.75, 3.05) is 13.2 Å². The van der Waals surface area contributed by atoms with E-state index in [0.29, 0.717) is 18.1 Å². The molecular formula is C20H27N3O2. The van der Waals surface area contributed by atoms with Crippen molar-refractivity contribution in [1.82, 2.24) is 14.9 Å². The number of hydrogen-bond acceptors (Lipinski definition) is 4. The lowest BCUT2D eigenvalue weighted by molar-refractivity contribution is 0.0926. The number of nitrogens with zero attached hydrogens (tertiary/aromatic N) is 2. The summed E-state index contributed by atoms with van der Waals surface area (Å²) in [5.41, 5.74) is 3.22. The van der Waals surface area contributed by atoms with Gasteiger partial charge in [-0.25, -0.2) is 4.98 Å². The summed E-state index contributed by atoms with van der Waals surface area (Å²) in [6.07, 6.45) is 5.73. The number of carbonyl (C=O) groups excluding carboxylic acids is 1. The summed E-state index contributed by atoms with van der Waals surface area (Å²) < 4.78 is 8.05. The maximum Gasteiger partial charge on any atom is 0.213 e. The summed E-state index contributed by atoms with van der Waals surface area (Å²) >= 11 is 0. The predicted molar refractivity (Wildman–Crippen MR) is 98.2 cm³/mol. The van der Waals surface area contributed by atoms with Gasteiger partial charge in [-0.2, -0.15) is 0 Å². The molecule has 0 bridgehead atoms. The summed E-state index contributed by atoms with van der Waals surface area (Å²) in [7, 11) is 0. The second-order valence-corrected chi connectivity index (χ2v) is 6.72. The number of carbonyl (C=O) groups is 1. The molecule has 2 aromatic heterocycles. The number of aromatic nitrogens is 2. The number of ether oxygens (including phenoxy) is 1. The minimum atomic E-state index is -0.0660. The lowest BCUT2D eigenvalue weighted by Crippen LogP contribution is -2.40. The standard InChI is InChI=1S/C20H27N3O2/c1-15-7-8-16(2)23(15)12-5-13-25-19-14-17(9-11-22-19)20(24)18-6-3-4-10-21-18/h7-9,11,14,18,21H,3-6,10,12-13H2,1-2H3. The Hall–Kier alpha value is -2.14. The molecule has 5 nitrogen and oxygen atoms in total. The Labute approximate surface area is 149 Å². The molecule has 0 aliphatic carbocycles. The quantitative estimate of drug-likeness (QED) is 0.620. The van der Waals surface area contributed by atoms with Crippen LogP contribution in [0.3, 0.4) is 0 Å². The van der Waals surface area contributed by atoms with Gasteiger partial charge in [0.25, 0.3) is 0 Å². The summed E-state index contributed by atoms with van der Waals surface area (Å²) in [5.74, 6) is 0.674. The van der Waals surface area contributed by atoms with Crippen LogP contribution in [0, 0.1) is 13.8 Å². The van der Waals surface area contributed by atoms with Gasteiger partial charge in [0.05, 0.1) is 12.6 Å². The van der Waals surface area contributed by atoms with Crippen molar-refractivity contribution in [3.63, 3.8) is 0 Å². The van der Waals surface area contributed by atoms with Crippen molar-refractivity contribution < 1.29 is 9.53 Å². The summed E-state index contributed by atoms with van der Waals surface area (Å²) in [4.78, 5) is 16.8. The molecule has 1 fully saturated rings. The van der Waals surface area contributed by atoms with E-state index in [1.54, 1.807) is 18.3 Å². The zero-order valence-electron chi connectivity index (χ0n) is 15.1. The molecule has 0 amide bonds. The molecule has 1 atom stereocenters. The molecule has 0 saturated carbocycles. The van der Waals surface area contributed by atoms with Crippen LogP contribution in [0.4, 0.5) is 0 Å². The molecule has 0 radical (unpaired) electrons. The van der Waals surface area contributed by atoms with E-state index in [4.69, 9.17) is 4.74 Å². The number of nitrogens with one attached hydrogen (secondary N) is 1. The molecule has 1 aliphatic rings. The SMILES string of the molecule is Cc1ccc(C)n1CCCOc1cc(C(=O)C2CCCCN2)ccn1. The first-order chi connectivity index (χ1) is 12.1. The highest BCUT2D eigenvalue weighted by Gasteiger charge is 2.22. The van der Waals surface area contributed by atoms with Gasteiger partial charge in [-0.15, -0.1) is 0 Å². The smallest absolute Gasteiger partial charge is 0.213 e. The number of Topliss-reactive ketones (excluding diaryl/α,β-unsaturated/α-hetero) is 1. The predicted octanol–water partition coefficient (Wildman–Crippen LogP) is 3.29.